The monoisotopic (exact) mass is 481 g/mol. The number of likely N-dealkylation sites (tertiary alicyclic amines) is 1. The Morgan fingerprint density at radius 1 is 1.21 bits per heavy atom. The van der Waals surface area contributed by atoms with Gasteiger partial charge in [-0.15, -0.1) is 11.8 Å². The zero-order valence-corrected chi connectivity index (χ0v) is 20.6. The Kier molecular flexibility index (Phi) is 5.81. The summed E-state index contributed by atoms with van der Waals surface area (Å²) in [5, 5.41) is -0.0126. The van der Waals surface area contributed by atoms with Gasteiger partial charge in [0, 0.05) is 41.2 Å². The summed E-state index contributed by atoms with van der Waals surface area (Å²) in [6, 6.07) is 10.7. The number of ketones is 1. The van der Waals surface area contributed by atoms with Gasteiger partial charge in [0.1, 0.15) is 11.6 Å². The summed E-state index contributed by atoms with van der Waals surface area (Å²) >= 11 is 1.68. The van der Waals surface area contributed by atoms with Gasteiger partial charge in [0.2, 0.25) is 0 Å². The first kappa shape index (κ1) is 23.1. The highest BCUT2D eigenvalue weighted by molar-refractivity contribution is 7.99. The van der Waals surface area contributed by atoms with Crippen LogP contribution in [0.2, 0.25) is 0 Å². The average molecular weight is 482 g/mol. The SMILES string of the molecule is COC1=C[C@@H]2[C@@H]3[C@H](Sc4ccc(F)cc4)c4ccc(C)c(OC(C)=O)c4[C@]2(CCN3C)CC1=O. The number of carbonyl (C=O) groups is 2. The molecule has 2 aromatic carbocycles. The van der Waals surface area contributed by atoms with Crippen LogP contribution in [0.25, 0.3) is 0 Å². The Hall–Kier alpha value is -2.64. The number of hydrogen-bond donors (Lipinski definition) is 0. The molecule has 1 saturated heterocycles. The fraction of sp³-hybridized carbons (Fsp3) is 0.407. The molecule has 0 aromatic heterocycles. The number of Topliss-reactive ketones (excluding diaryl/α,β-unsaturated/α-hetero) is 1. The van der Waals surface area contributed by atoms with E-state index in [0.29, 0.717) is 17.9 Å². The lowest BCUT2D eigenvalue weighted by Gasteiger charge is -2.59. The Labute approximate surface area is 203 Å². The number of hydrogen-bond acceptors (Lipinski definition) is 6. The number of rotatable bonds is 4. The standard InChI is InChI=1S/C27H28FNO4S/c1-15-5-10-19-23(25(15)33-16(2)30)27-11-12-29(3)24(20(27)13-22(32-4)21(31)14-27)26(19)34-18-8-6-17(28)7-9-18/h5-10,13,20,24,26H,11-12,14H2,1-4H3/t20-,24-,26-,27-/m1/s1. The summed E-state index contributed by atoms with van der Waals surface area (Å²) in [6.07, 6.45) is 3.09. The number of methoxy groups -OCH3 is 1. The Morgan fingerprint density at radius 3 is 2.62 bits per heavy atom. The van der Waals surface area contributed by atoms with Crippen LogP contribution in [0.1, 0.15) is 41.7 Å². The van der Waals surface area contributed by atoms with E-state index in [4.69, 9.17) is 9.47 Å². The van der Waals surface area contributed by atoms with E-state index >= 15 is 0 Å². The highest BCUT2D eigenvalue weighted by Gasteiger charge is 2.59. The quantitative estimate of drug-likeness (QED) is 0.454. The van der Waals surface area contributed by atoms with E-state index in [2.05, 4.69) is 18.0 Å². The number of esters is 1. The maximum atomic E-state index is 13.6. The Bertz CT molecular complexity index is 1190. The second-order valence-corrected chi connectivity index (χ2v) is 10.7. The zero-order valence-electron chi connectivity index (χ0n) is 19.8. The van der Waals surface area contributed by atoms with Crippen molar-refractivity contribution in [3.05, 3.63) is 70.7 Å². The summed E-state index contributed by atoms with van der Waals surface area (Å²) in [6.45, 7) is 4.17. The van der Waals surface area contributed by atoms with Crippen LogP contribution in [0.4, 0.5) is 4.39 Å². The van der Waals surface area contributed by atoms with Gasteiger partial charge in [-0.05, 0) is 68.4 Å². The molecular formula is C27H28FNO4S. The van der Waals surface area contributed by atoms with Crippen LogP contribution in [0, 0.1) is 18.7 Å². The first-order valence-corrected chi connectivity index (χ1v) is 12.4. The van der Waals surface area contributed by atoms with E-state index < -0.39 is 5.41 Å². The molecule has 0 spiro atoms. The molecule has 0 radical (unpaired) electrons. The van der Waals surface area contributed by atoms with Crippen LogP contribution in [0.15, 0.2) is 53.1 Å². The molecule has 2 aromatic rings. The summed E-state index contributed by atoms with van der Waals surface area (Å²) in [5.41, 5.74) is 2.45. The van der Waals surface area contributed by atoms with Crippen molar-refractivity contribution in [1.82, 2.24) is 4.90 Å². The fourth-order valence-corrected chi connectivity index (χ4v) is 7.50. The van der Waals surface area contributed by atoms with Crippen molar-refractivity contribution in [1.29, 1.82) is 0 Å². The van der Waals surface area contributed by atoms with Crippen molar-refractivity contribution >= 4 is 23.5 Å². The molecule has 1 heterocycles. The van der Waals surface area contributed by atoms with Crippen molar-refractivity contribution in [3.63, 3.8) is 0 Å². The highest BCUT2D eigenvalue weighted by Crippen LogP contribution is 2.62. The van der Waals surface area contributed by atoms with Gasteiger partial charge in [-0.3, -0.25) is 9.59 Å². The molecule has 178 valence electrons. The topological polar surface area (TPSA) is 55.8 Å². The predicted molar refractivity (Wildman–Crippen MR) is 128 cm³/mol. The summed E-state index contributed by atoms with van der Waals surface area (Å²) in [4.78, 5) is 28.6. The molecule has 1 aliphatic heterocycles. The first-order chi connectivity index (χ1) is 16.2. The van der Waals surface area contributed by atoms with Crippen molar-refractivity contribution in [2.45, 2.75) is 48.3 Å². The van der Waals surface area contributed by atoms with Crippen LogP contribution < -0.4 is 4.74 Å². The fourth-order valence-electron chi connectivity index (χ4n) is 6.07. The lowest BCUT2D eigenvalue weighted by atomic mass is 9.53. The van der Waals surface area contributed by atoms with E-state index in [1.54, 1.807) is 23.9 Å². The number of likely N-dealkylation sites (N-methyl/N-ethyl adjacent to an activating group) is 1. The maximum Gasteiger partial charge on any atom is 0.308 e. The molecule has 4 atom stereocenters. The number of piperidine rings is 1. The number of carbonyl (C=O) groups excluding carboxylic acids is 2. The second-order valence-electron chi connectivity index (χ2n) is 9.50. The van der Waals surface area contributed by atoms with Gasteiger partial charge in [0.15, 0.2) is 11.5 Å². The lowest BCUT2D eigenvalue weighted by molar-refractivity contribution is -0.132. The third-order valence-corrected chi connectivity index (χ3v) is 8.88. The van der Waals surface area contributed by atoms with Gasteiger partial charge in [-0.25, -0.2) is 4.39 Å². The summed E-state index contributed by atoms with van der Waals surface area (Å²) in [7, 11) is 3.66. The lowest BCUT2D eigenvalue weighted by Crippen LogP contribution is -2.61. The molecule has 5 nitrogen and oxygen atoms in total. The normalized spacial score (nSPS) is 28.0. The Morgan fingerprint density at radius 2 is 1.94 bits per heavy atom. The number of nitrogens with zero attached hydrogens (tertiary/aromatic N) is 1. The number of halogens is 1. The van der Waals surface area contributed by atoms with Crippen molar-refractivity contribution in [2.75, 3.05) is 20.7 Å². The molecule has 0 saturated carbocycles. The zero-order chi connectivity index (χ0) is 24.2. The van der Waals surface area contributed by atoms with Crippen LogP contribution in [-0.2, 0) is 19.7 Å². The highest BCUT2D eigenvalue weighted by atomic mass is 32.2. The number of allylic oxidation sites excluding steroid dienone is 1. The first-order valence-electron chi connectivity index (χ1n) is 11.5. The summed E-state index contributed by atoms with van der Waals surface area (Å²) < 4.78 is 24.9. The average Bonchev–Trinajstić information content (AvgIpc) is 2.80. The van der Waals surface area contributed by atoms with Crippen molar-refractivity contribution in [3.8, 4) is 5.75 Å². The van der Waals surface area contributed by atoms with Crippen molar-refractivity contribution < 1.29 is 23.5 Å². The molecule has 0 N–H and O–H groups in total. The maximum absolute atomic E-state index is 13.6. The molecule has 2 aliphatic carbocycles. The molecule has 5 rings (SSSR count). The smallest absolute Gasteiger partial charge is 0.308 e. The predicted octanol–water partition coefficient (Wildman–Crippen LogP) is 4.97. The summed E-state index contributed by atoms with van der Waals surface area (Å²) in [5.74, 6) is 0.306. The number of benzene rings is 2. The third kappa shape index (κ3) is 3.57. The minimum atomic E-state index is -0.470. The van der Waals surface area contributed by atoms with Gasteiger partial charge >= 0.3 is 5.97 Å². The molecular weight excluding hydrogens is 453 g/mol. The number of aryl methyl sites for hydroxylation is 1. The van der Waals surface area contributed by atoms with Gasteiger partial charge in [0.05, 0.1) is 12.4 Å². The van der Waals surface area contributed by atoms with Crippen molar-refractivity contribution in [2.24, 2.45) is 5.92 Å². The number of fused-ring (bicyclic) bond motifs is 1. The van der Waals surface area contributed by atoms with Gasteiger partial charge in [0.25, 0.3) is 0 Å². The number of ether oxygens (including phenoxy) is 2. The van der Waals surface area contributed by atoms with Gasteiger partial charge < -0.3 is 14.4 Å². The second kappa shape index (κ2) is 8.54. The van der Waals surface area contributed by atoms with E-state index in [-0.39, 0.29) is 34.8 Å². The molecule has 1 fully saturated rings. The van der Waals surface area contributed by atoms with Crippen LogP contribution in [0.5, 0.6) is 5.75 Å². The molecule has 0 unspecified atom stereocenters. The van der Waals surface area contributed by atoms with E-state index in [0.717, 1.165) is 34.6 Å². The molecule has 0 amide bonds. The minimum Gasteiger partial charge on any atom is -0.493 e. The van der Waals surface area contributed by atoms with Crippen LogP contribution >= 0.6 is 11.8 Å². The number of thioether (sulfide) groups is 1. The minimum absolute atomic E-state index is 0.000423. The molecule has 3 aliphatic rings. The largest absolute Gasteiger partial charge is 0.493 e. The molecule has 2 bridgehead atoms. The van der Waals surface area contributed by atoms with Gasteiger partial charge in [-0.2, -0.15) is 0 Å². The molecule has 7 heteroatoms. The van der Waals surface area contributed by atoms with Crippen LogP contribution in [-0.4, -0.2) is 43.4 Å². The van der Waals surface area contributed by atoms with E-state index in [1.807, 2.05) is 19.1 Å². The van der Waals surface area contributed by atoms with Crippen LogP contribution in [0.3, 0.4) is 0 Å². The van der Waals surface area contributed by atoms with E-state index in [1.165, 1.54) is 26.2 Å². The molecule has 34 heavy (non-hydrogen) atoms. The van der Waals surface area contributed by atoms with Gasteiger partial charge in [-0.1, -0.05) is 12.1 Å². The Balaban J connectivity index is 1.77. The van der Waals surface area contributed by atoms with E-state index in [9.17, 15) is 14.0 Å². The third-order valence-electron chi connectivity index (χ3n) is 7.55.